The van der Waals surface area contributed by atoms with Gasteiger partial charge in [0.2, 0.25) is 11.8 Å². The monoisotopic (exact) mass is 411 g/mol. The van der Waals surface area contributed by atoms with Gasteiger partial charge in [0, 0.05) is 21.8 Å². The lowest BCUT2D eigenvalue weighted by molar-refractivity contribution is 0.493. The summed E-state index contributed by atoms with van der Waals surface area (Å²) >= 11 is 6.28. The number of benzene rings is 3. The van der Waals surface area contributed by atoms with Gasteiger partial charge in [-0.2, -0.15) is 0 Å². The summed E-state index contributed by atoms with van der Waals surface area (Å²) in [5.74, 6) is -0.261. The van der Waals surface area contributed by atoms with Gasteiger partial charge in [-0.3, -0.25) is 0 Å². The maximum Gasteiger partial charge on any atom is 0.247 e. The Hall–Kier alpha value is -3.25. The fourth-order valence-corrected chi connectivity index (χ4v) is 3.18. The maximum absolute atomic E-state index is 14.0. The Balaban J connectivity index is 1.76. The molecule has 7 heteroatoms. The lowest BCUT2D eigenvalue weighted by Gasteiger charge is -2.18. The van der Waals surface area contributed by atoms with Gasteiger partial charge < -0.3 is 9.73 Å². The van der Waals surface area contributed by atoms with Crippen LogP contribution < -0.4 is 5.32 Å². The predicted molar refractivity (Wildman–Crippen MR) is 108 cm³/mol. The third-order valence-electron chi connectivity index (χ3n) is 4.46. The van der Waals surface area contributed by atoms with Crippen molar-refractivity contribution in [3.05, 3.63) is 100 Å². The molecule has 1 heterocycles. The molecular formula is C22H16ClF2N3O. The van der Waals surface area contributed by atoms with Crippen molar-refractivity contribution >= 4 is 17.3 Å². The maximum atomic E-state index is 14.0. The van der Waals surface area contributed by atoms with Crippen LogP contribution in [0, 0.1) is 18.6 Å². The van der Waals surface area contributed by atoms with Crippen LogP contribution in [0.3, 0.4) is 0 Å². The molecule has 3 aromatic carbocycles. The van der Waals surface area contributed by atoms with E-state index in [0.717, 1.165) is 5.56 Å². The molecule has 0 aliphatic heterocycles. The first kappa shape index (κ1) is 19.1. The summed E-state index contributed by atoms with van der Waals surface area (Å²) < 4.78 is 33.4. The first-order valence-electron chi connectivity index (χ1n) is 8.88. The summed E-state index contributed by atoms with van der Waals surface area (Å²) in [7, 11) is 0. The minimum Gasteiger partial charge on any atom is -0.418 e. The average molecular weight is 412 g/mol. The molecule has 0 amide bonds. The van der Waals surface area contributed by atoms with Crippen molar-refractivity contribution in [1.82, 2.24) is 10.2 Å². The van der Waals surface area contributed by atoms with E-state index in [1.807, 2.05) is 30.3 Å². The zero-order valence-corrected chi connectivity index (χ0v) is 16.1. The van der Waals surface area contributed by atoms with E-state index in [0.29, 0.717) is 22.7 Å². The van der Waals surface area contributed by atoms with Crippen LogP contribution in [0.2, 0.25) is 5.02 Å². The largest absolute Gasteiger partial charge is 0.418 e. The summed E-state index contributed by atoms with van der Waals surface area (Å²) in [6, 6.07) is 17.4. The number of rotatable bonds is 5. The molecule has 1 N–H and O–H groups in total. The molecule has 4 aromatic rings. The van der Waals surface area contributed by atoms with Gasteiger partial charge in [0.25, 0.3) is 0 Å². The van der Waals surface area contributed by atoms with Crippen LogP contribution in [0.15, 0.2) is 71.1 Å². The Labute approximate surface area is 171 Å². The smallest absolute Gasteiger partial charge is 0.247 e. The predicted octanol–water partition coefficient (Wildman–Crippen LogP) is 6.18. The highest BCUT2D eigenvalue weighted by atomic mass is 35.5. The van der Waals surface area contributed by atoms with Crippen LogP contribution in [-0.4, -0.2) is 10.2 Å². The number of hydrogen-bond donors (Lipinski definition) is 1. The SMILES string of the molecule is Cc1ccc(NC(c2nnc(-c3ccccc3)o2)c2ccc(F)cc2Cl)cc1F. The van der Waals surface area contributed by atoms with Crippen molar-refractivity contribution in [3.8, 4) is 11.5 Å². The highest BCUT2D eigenvalue weighted by Crippen LogP contribution is 2.33. The summed E-state index contributed by atoms with van der Waals surface area (Å²) in [4.78, 5) is 0. The second kappa shape index (κ2) is 8.01. The van der Waals surface area contributed by atoms with Gasteiger partial charge in [0.1, 0.15) is 17.7 Å². The Morgan fingerprint density at radius 3 is 2.48 bits per heavy atom. The van der Waals surface area contributed by atoms with Crippen molar-refractivity contribution < 1.29 is 13.2 Å². The Morgan fingerprint density at radius 2 is 1.76 bits per heavy atom. The molecule has 0 saturated carbocycles. The molecule has 1 unspecified atom stereocenters. The van der Waals surface area contributed by atoms with Crippen molar-refractivity contribution in [3.63, 3.8) is 0 Å². The normalized spacial score (nSPS) is 12.0. The van der Waals surface area contributed by atoms with Crippen LogP contribution in [-0.2, 0) is 0 Å². The molecule has 4 rings (SSSR count). The molecule has 0 bridgehead atoms. The Morgan fingerprint density at radius 1 is 0.966 bits per heavy atom. The fourth-order valence-electron chi connectivity index (χ4n) is 2.91. The zero-order valence-electron chi connectivity index (χ0n) is 15.4. The Bertz CT molecular complexity index is 1150. The molecule has 0 spiro atoms. The third-order valence-corrected chi connectivity index (χ3v) is 4.79. The second-order valence-electron chi connectivity index (χ2n) is 6.52. The zero-order chi connectivity index (χ0) is 20.4. The summed E-state index contributed by atoms with van der Waals surface area (Å²) in [5, 5.41) is 11.6. The topological polar surface area (TPSA) is 51.0 Å². The van der Waals surface area contributed by atoms with E-state index < -0.39 is 11.9 Å². The number of aromatic nitrogens is 2. The number of aryl methyl sites for hydroxylation is 1. The van der Waals surface area contributed by atoms with E-state index in [4.69, 9.17) is 16.0 Å². The molecular weight excluding hydrogens is 396 g/mol. The van der Waals surface area contributed by atoms with Crippen LogP contribution in [0.25, 0.3) is 11.5 Å². The van der Waals surface area contributed by atoms with Gasteiger partial charge in [0.05, 0.1) is 0 Å². The molecule has 29 heavy (non-hydrogen) atoms. The fraction of sp³-hybridized carbons (Fsp3) is 0.0909. The van der Waals surface area contributed by atoms with Crippen LogP contribution in [0.1, 0.15) is 23.1 Å². The van der Waals surface area contributed by atoms with E-state index in [-0.39, 0.29) is 16.7 Å². The third kappa shape index (κ3) is 4.12. The summed E-state index contributed by atoms with van der Waals surface area (Å²) in [5.41, 5.74) is 2.31. The van der Waals surface area contributed by atoms with Gasteiger partial charge in [-0.1, -0.05) is 41.9 Å². The minimum atomic E-state index is -0.699. The van der Waals surface area contributed by atoms with E-state index in [9.17, 15) is 8.78 Å². The molecule has 0 fully saturated rings. The number of hydrogen-bond acceptors (Lipinski definition) is 4. The number of anilines is 1. The van der Waals surface area contributed by atoms with E-state index in [1.165, 1.54) is 24.3 Å². The molecule has 0 aliphatic carbocycles. The summed E-state index contributed by atoms with van der Waals surface area (Å²) in [6.07, 6.45) is 0. The molecule has 146 valence electrons. The van der Waals surface area contributed by atoms with Crippen LogP contribution in [0.5, 0.6) is 0 Å². The van der Waals surface area contributed by atoms with E-state index in [1.54, 1.807) is 19.1 Å². The lowest BCUT2D eigenvalue weighted by atomic mass is 10.1. The van der Waals surface area contributed by atoms with Gasteiger partial charge in [-0.05, 0) is 48.9 Å². The highest BCUT2D eigenvalue weighted by molar-refractivity contribution is 6.31. The average Bonchev–Trinajstić information content (AvgIpc) is 3.20. The summed E-state index contributed by atoms with van der Waals surface area (Å²) in [6.45, 7) is 1.68. The number of halogens is 3. The van der Waals surface area contributed by atoms with Crippen LogP contribution in [0.4, 0.5) is 14.5 Å². The van der Waals surface area contributed by atoms with Gasteiger partial charge >= 0.3 is 0 Å². The molecule has 4 nitrogen and oxygen atoms in total. The van der Waals surface area contributed by atoms with Gasteiger partial charge in [-0.15, -0.1) is 10.2 Å². The second-order valence-corrected chi connectivity index (χ2v) is 6.93. The van der Waals surface area contributed by atoms with Gasteiger partial charge in [0.15, 0.2) is 0 Å². The molecule has 0 saturated heterocycles. The first-order chi connectivity index (χ1) is 14.0. The van der Waals surface area contributed by atoms with Crippen LogP contribution >= 0.6 is 11.6 Å². The minimum absolute atomic E-state index is 0.189. The molecule has 0 radical (unpaired) electrons. The van der Waals surface area contributed by atoms with Crippen molar-refractivity contribution in [2.24, 2.45) is 0 Å². The van der Waals surface area contributed by atoms with E-state index in [2.05, 4.69) is 15.5 Å². The first-order valence-corrected chi connectivity index (χ1v) is 9.25. The quantitative estimate of drug-likeness (QED) is 0.426. The number of nitrogens with one attached hydrogen (secondary N) is 1. The lowest BCUT2D eigenvalue weighted by Crippen LogP contribution is -2.14. The molecule has 1 atom stereocenters. The molecule has 1 aromatic heterocycles. The standard InChI is InChI=1S/C22H16ClF2N3O/c1-13-7-9-16(12-19(13)25)26-20(17-10-8-15(24)11-18(17)23)22-28-27-21(29-22)14-5-3-2-4-6-14/h2-12,20,26H,1H3. The number of nitrogens with zero attached hydrogens (tertiary/aromatic N) is 2. The van der Waals surface area contributed by atoms with E-state index >= 15 is 0 Å². The highest BCUT2D eigenvalue weighted by Gasteiger charge is 2.24. The van der Waals surface area contributed by atoms with Gasteiger partial charge in [-0.25, -0.2) is 8.78 Å². The Kier molecular flexibility index (Phi) is 5.27. The van der Waals surface area contributed by atoms with Crippen molar-refractivity contribution in [1.29, 1.82) is 0 Å². The molecule has 0 aliphatic rings. The van der Waals surface area contributed by atoms with Crippen molar-refractivity contribution in [2.75, 3.05) is 5.32 Å². The van der Waals surface area contributed by atoms with Crippen molar-refractivity contribution in [2.45, 2.75) is 13.0 Å².